The van der Waals surface area contributed by atoms with Crippen molar-refractivity contribution in [2.45, 2.75) is 31.7 Å². The Hall–Kier alpha value is -0.570. The molecule has 0 saturated heterocycles. The van der Waals surface area contributed by atoms with E-state index < -0.39 is 0 Å². The van der Waals surface area contributed by atoms with Gasteiger partial charge in [-0.25, -0.2) is 0 Å². The van der Waals surface area contributed by atoms with Crippen LogP contribution in [0.4, 0.5) is 5.69 Å². The Labute approximate surface area is 93.5 Å². The second kappa shape index (κ2) is 4.30. The zero-order valence-corrected chi connectivity index (χ0v) is 10.00. The lowest BCUT2D eigenvalue weighted by Crippen LogP contribution is -2.28. The average molecular weight is 255 g/mol. The number of nitrogens with zero attached hydrogens (tertiary/aromatic N) is 2. The number of anilines is 1. The molecule has 0 aliphatic heterocycles. The van der Waals surface area contributed by atoms with Crippen LogP contribution in [0.5, 0.6) is 0 Å². The molecule has 0 aromatic carbocycles. The van der Waals surface area contributed by atoms with Crippen molar-refractivity contribution < 1.29 is 0 Å². The van der Waals surface area contributed by atoms with Gasteiger partial charge in [-0.05, 0) is 34.8 Å². The van der Waals surface area contributed by atoms with Gasteiger partial charge in [0.15, 0.2) is 0 Å². The van der Waals surface area contributed by atoms with Gasteiger partial charge in [0.05, 0.1) is 10.2 Å². The molecule has 14 heavy (non-hydrogen) atoms. The molecule has 1 saturated carbocycles. The van der Waals surface area contributed by atoms with Crippen molar-refractivity contribution in [1.29, 1.82) is 0 Å². The first kappa shape index (κ1) is 9.97. The van der Waals surface area contributed by atoms with Crippen LogP contribution in [-0.2, 0) is 0 Å². The van der Waals surface area contributed by atoms with E-state index in [9.17, 15) is 0 Å². The molecule has 1 aromatic heterocycles. The lowest BCUT2D eigenvalue weighted by molar-refractivity contribution is 0.652. The van der Waals surface area contributed by atoms with Crippen LogP contribution in [0.2, 0.25) is 0 Å². The Kier molecular flexibility index (Phi) is 3.06. The van der Waals surface area contributed by atoms with Crippen LogP contribution in [0.25, 0.3) is 0 Å². The predicted octanol–water partition coefficient (Wildman–Crippen LogP) is 3.22. The van der Waals surface area contributed by atoms with Gasteiger partial charge in [-0.3, -0.25) is 4.98 Å². The summed E-state index contributed by atoms with van der Waals surface area (Å²) in [4.78, 5) is 6.45. The second-order valence-electron chi connectivity index (χ2n) is 3.88. The Morgan fingerprint density at radius 3 is 2.79 bits per heavy atom. The van der Waals surface area contributed by atoms with Crippen molar-refractivity contribution in [3.8, 4) is 0 Å². The fraction of sp³-hybridized carbons (Fsp3) is 0.545. The van der Waals surface area contributed by atoms with Gasteiger partial charge in [-0.15, -0.1) is 0 Å². The molecule has 0 spiro atoms. The van der Waals surface area contributed by atoms with Gasteiger partial charge >= 0.3 is 0 Å². The maximum atomic E-state index is 4.08. The first-order chi connectivity index (χ1) is 6.79. The Morgan fingerprint density at radius 1 is 1.43 bits per heavy atom. The lowest BCUT2D eigenvalue weighted by Gasteiger charge is -2.27. The third kappa shape index (κ3) is 1.92. The molecule has 0 atom stereocenters. The van der Waals surface area contributed by atoms with E-state index in [4.69, 9.17) is 0 Å². The van der Waals surface area contributed by atoms with Crippen molar-refractivity contribution in [2.75, 3.05) is 11.9 Å². The van der Waals surface area contributed by atoms with E-state index in [0.29, 0.717) is 6.04 Å². The van der Waals surface area contributed by atoms with E-state index in [1.807, 2.05) is 12.4 Å². The van der Waals surface area contributed by atoms with E-state index in [-0.39, 0.29) is 0 Å². The van der Waals surface area contributed by atoms with Gasteiger partial charge in [0.25, 0.3) is 0 Å². The Morgan fingerprint density at radius 2 is 2.14 bits per heavy atom. The highest BCUT2D eigenvalue weighted by Crippen LogP contribution is 2.30. The summed E-state index contributed by atoms with van der Waals surface area (Å²) >= 11 is 3.54. The van der Waals surface area contributed by atoms with Crippen LogP contribution < -0.4 is 4.90 Å². The monoisotopic (exact) mass is 254 g/mol. The van der Waals surface area contributed by atoms with E-state index >= 15 is 0 Å². The molecule has 1 aliphatic rings. The van der Waals surface area contributed by atoms with Crippen molar-refractivity contribution in [3.05, 3.63) is 22.9 Å². The molecule has 1 heterocycles. The predicted molar refractivity (Wildman–Crippen MR) is 62.6 cm³/mol. The summed E-state index contributed by atoms with van der Waals surface area (Å²) in [7, 11) is 2.18. The second-order valence-corrected chi connectivity index (χ2v) is 4.73. The summed E-state index contributed by atoms with van der Waals surface area (Å²) in [6.07, 6.45) is 9.11. The van der Waals surface area contributed by atoms with Crippen LogP contribution in [0.3, 0.4) is 0 Å². The summed E-state index contributed by atoms with van der Waals surface area (Å²) in [5, 5.41) is 0. The number of pyridine rings is 1. The van der Waals surface area contributed by atoms with Crippen LogP contribution in [-0.4, -0.2) is 18.1 Å². The molecular weight excluding hydrogens is 240 g/mol. The van der Waals surface area contributed by atoms with E-state index in [1.54, 1.807) is 0 Å². The topological polar surface area (TPSA) is 16.1 Å². The normalized spacial score (nSPS) is 17.3. The molecule has 1 fully saturated rings. The van der Waals surface area contributed by atoms with Crippen LogP contribution in [0.15, 0.2) is 22.9 Å². The maximum Gasteiger partial charge on any atom is 0.0592 e. The minimum Gasteiger partial charge on any atom is -0.371 e. The molecule has 0 N–H and O–H groups in total. The summed E-state index contributed by atoms with van der Waals surface area (Å²) in [6.45, 7) is 0. The van der Waals surface area contributed by atoms with Crippen molar-refractivity contribution in [1.82, 2.24) is 4.98 Å². The number of hydrogen-bond donors (Lipinski definition) is 0. The largest absolute Gasteiger partial charge is 0.371 e. The Balaban J connectivity index is 2.17. The van der Waals surface area contributed by atoms with E-state index in [2.05, 4.69) is 38.9 Å². The number of rotatable bonds is 2. The average Bonchev–Trinajstić information content (AvgIpc) is 2.70. The summed E-state index contributed by atoms with van der Waals surface area (Å²) in [5.74, 6) is 0. The smallest absolute Gasteiger partial charge is 0.0592 e. The highest BCUT2D eigenvalue weighted by Gasteiger charge is 2.20. The molecule has 76 valence electrons. The quantitative estimate of drug-likeness (QED) is 0.806. The highest BCUT2D eigenvalue weighted by atomic mass is 79.9. The minimum atomic E-state index is 0.716. The number of hydrogen-bond acceptors (Lipinski definition) is 2. The van der Waals surface area contributed by atoms with Crippen LogP contribution in [0, 0.1) is 0 Å². The first-order valence-corrected chi connectivity index (χ1v) is 5.90. The van der Waals surface area contributed by atoms with Crippen LogP contribution >= 0.6 is 15.9 Å². The molecule has 0 amide bonds. The zero-order chi connectivity index (χ0) is 9.97. The third-order valence-corrected chi connectivity index (χ3v) is 3.61. The van der Waals surface area contributed by atoms with Crippen molar-refractivity contribution >= 4 is 21.6 Å². The molecule has 1 aromatic rings. The van der Waals surface area contributed by atoms with Crippen molar-refractivity contribution in [2.24, 2.45) is 0 Å². The van der Waals surface area contributed by atoms with Gasteiger partial charge in [-0.2, -0.15) is 0 Å². The van der Waals surface area contributed by atoms with Gasteiger partial charge in [-0.1, -0.05) is 12.8 Å². The van der Waals surface area contributed by atoms with Gasteiger partial charge < -0.3 is 4.90 Å². The van der Waals surface area contributed by atoms with E-state index in [1.165, 1.54) is 31.4 Å². The molecule has 2 nitrogen and oxygen atoms in total. The third-order valence-electron chi connectivity index (χ3n) is 3.00. The zero-order valence-electron chi connectivity index (χ0n) is 8.41. The van der Waals surface area contributed by atoms with Gasteiger partial charge in [0, 0.05) is 25.5 Å². The molecule has 1 aliphatic carbocycles. The first-order valence-electron chi connectivity index (χ1n) is 5.11. The standard InChI is InChI=1S/C11H15BrN2/c1-14(9-4-2-3-5-9)11-6-7-13-8-10(11)12/h6-9H,2-5H2,1H3. The molecule has 0 radical (unpaired) electrons. The number of halogens is 1. The van der Waals surface area contributed by atoms with Crippen molar-refractivity contribution in [3.63, 3.8) is 0 Å². The maximum absolute atomic E-state index is 4.08. The molecule has 0 bridgehead atoms. The van der Waals surface area contributed by atoms with Gasteiger partial charge in [0.2, 0.25) is 0 Å². The highest BCUT2D eigenvalue weighted by molar-refractivity contribution is 9.10. The molecule has 3 heteroatoms. The Bertz CT molecular complexity index is 308. The van der Waals surface area contributed by atoms with Gasteiger partial charge in [0.1, 0.15) is 0 Å². The molecular formula is C11H15BrN2. The lowest BCUT2D eigenvalue weighted by atomic mass is 10.2. The number of aromatic nitrogens is 1. The summed E-state index contributed by atoms with van der Waals surface area (Å²) in [5.41, 5.74) is 1.26. The van der Waals surface area contributed by atoms with Crippen LogP contribution in [0.1, 0.15) is 25.7 Å². The van der Waals surface area contributed by atoms with E-state index in [0.717, 1.165) is 4.47 Å². The summed E-state index contributed by atoms with van der Waals surface area (Å²) in [6, 6.07) is 2.79. The summed E-state index contributed by atoms with van der Waals surface area (Å²) < 4.78 is 1.09. The minimum absolute atomic E-state index is 0.716. The fourth-order valence-electron chi connectivity index (χ4n) is 2.14. The molecule has 0 unspecified atom stereocenters. The SMILES string of the molecule is CN(c1ccncc1Br)C1CCCC1. The fourth-order valence-corrected chi connectivity index (χ4v) is 2.67. The molecule has 2 rings (SSSR count).